The topological polar surface area (TPSA) is 90.9 Å². The predicted octanol–water partition coefficient (Wildman–Crippen LogP) is 3.41. The second kappa shape index (κ2) is 11.2. The van der Waals surface area contributed by atoms with E-state index in [0.29, 0.717) is 13.0 Å². The molecule has 0 fully saturated rings. The molecule has 0 atom stereocenters. The van der Waals surface area contributed by atoms with Gasteiger partial charge in [-0.1, -0.05) is 24.3 Å². The van der Waals surface area contributed by atoms with Crippen molar-refractivity contribution in [3.63, 3.8) is 0 Å². The summed E-state index contributed by atoms with van der Waals surface area (Å²) in [5, 5.41) is 2.82. The second-order valence-corrected chi connectivity index (χ2v) is 7.92. The average Bonchev–Trinajstić information content (AvgIpc) is 2.76. The Kier molecular flexibility index (Phi) is 8.61. The summed E-state index contributed by atoms with van der Waals surface area (Å²) in [6.07, 6.45) is 0.640. The molecule has 0 aliphatic rings. The summed E-state index contributed by atoms with van der Waals surface area (Å²) in [5.41, 5.74) is 0.819. The molecule has 0 saturated carbocycles. The van der Waals surface area contributed by atoms with Crippen LogP contribution in [0.5, 0.6) is 5.75 Å². The predicted molar refractivity (Wildman–Crippen MR) is 116 cm³/mol. The fourth-order valence-corrected chi connectivity index (χ4v) is 2.63. The molecule has 0 radical (unpaired) electrons. The first-order chi connectivity index (χ1) is 14.7. The van der Waals surface area contributed by atoms with Crippen LogP contribution in [0.2, 0.25) is 0 Å². The molecule has 1 amide bonds. The maximum absolute atomic E-state index is 12.6. The highest BCUT2D eigenvalue weighted by molar-refractivity contribution is 6.05. The standard InChI is InChI=1S/C24H29NO6/c1-24(2,3)23(28)31-16-15-30-22(27)20-8-6-5-7-19(20)21(26)25-14-13-17-9-11-18(29-4)12-10-17/h5-12H,13-16H2,1-4H3,(H,25,26). The van der Waals surface area contributed by atoms with E-state index in [1.807, 2.05) is 24.3 Å². The molecule has 0 bridgehead atoms. The van der Waals surface area contributed by atoms with Crippen LogP contribution in [0.15, 0.2) is 48.5 Å². The summed E-state index contributed by atoms with van der Waals surface area (Å²) >= 11 is 0. The van der Waals surface area contributed by atoms with Crippen LogP contribution in [0.25, 0.3) is 0 Å². The highest BCUT2D eigenvalue weighted by Crippen LogP contribution is 2.15. The molecular formula is C24H29NO6. The van der Waals surface area contributed by atoms with Gasteiger partial charge in [-0.15, -0.1) is 0 Å². The SMILES string of the molecule is COc1ccc(CCNC(=O)c2ccccc2C(=O)OCCOC(=O)C(C)(C)C)cc1. The lowest BCUT2D eigenvalue weighted by molar-refractivity contribution is -0.154. The first-order valence-corrected chi connectivity index (χ1v) is 10.1. The monoisotopic (exact) mass is 427 g/mol. The van der Waals surface area contributed by atoms with Gasteiger partial charge in [0.05, 0.1) is 23.7 Å². The number of benzene rings is 2. The van der Waals surface area contributed by atoms with Crippen LogP contribution in [0.3, 0.4) is 0 Å². The van der Waals surface area contributed by atoms with Gasteiger partial charge in [0.1, 0.15) is 19.0 Å². The first-order valence-electron chi connectivity index (χ1n) is 10.1. The Morgan fingerprint density at radius 1 is 0.871 bits per heavy atom. The van der Waals surface area contributed by atoms with Crippen LogP contribution < -0.4 is 10.1 Å². The molecule has 166 valence electrons. The van der Waals surface area contributed by atoms with Gasteiger partial charge in [-0.2, -0.15) is 0 Å². The number of hydrogen-bond donors (Lipinski definition) is 1. The van der Waals surface area contributed by atoms with Crippen LogP contribution >= 0.6 is 0 Å². The summed E-state index contributed by atoms with van der Waals surface area (Å²) in [6.45, 7) is 5.50. The van der Waals surface area contributed by atoms with Crippen LogP contribution in [0, 0.1) is 5.41 Å². The molecule has 0 heterocycles. The van der Waals surface area contributed by atoms with Crippen molar-refractivity contribution in [1.82, 2.24) is 5.32 Å². The Balaban J connectivity index is 1.87. The number of rotatable bonds is 9. The minimum atomic E-state index is -0.646. The van der Waals surface area contributed by atoms with Crippen molar-refractivity contribution in [3.8, 4) is 5.75 Å². The molecule has 0 saturated heterocycles. The van der Waals surface area contributed by atoms with Crippen molar-refractivity contribution in [2.24, 2.45) is 5.41 Å². The Bertz CT molecular complexity index is 899. The average molecular weight is 427 g/mol. The Morgan fingerprint density at radius 3 is 2.10 bits per heavy atom. The molecule has 31 heavy (non-hydrogen) atoms. The first kappa shape index (κ1) is 23.9. The van der Waals surface area contributed by atoms with Gasteiger partial charge < -0.3 is 19.5 Å². The number of amides is 1. The van der Waals surface area contributed by atoms with Gasteiger partial charge in [0.2, 0.25) is 0 Å². The van der Waals surface area contributed by atoms with E-state index >= 15 is 0 Å². The lowest BCUT2D eigenvalue weighted by Gasteiger charge is -2.16. The largest absolute Gasteiger partial charge is 0.497 e. The third-order valence-corrected chi connectivity index (χ3v) is 4.41. The molecule has 0 unspecified atom stereocenters. The summed E-state index contributed by atoms with van der Waals surface area (Å²) in [5.74, 6) is -0.610. The summed E-state index contributed by atoms with van der Waals surface area (Å²) in [6, 6.07) is 14.0. The van der Waals surface area contributed by atoms with Crippen molar-refractivity contribution in [2.75, 3.05) is 26.9 Å². The van der Waals surface area contributed by atoms with E-state index in [2.05, 4.69) is 5.32 Å². The van der Waals surface area contributed by atoms with Crippen LogP contribution in [-0.4, -0.2) is 44.7 Å². The van der Waals surface area contributed by atoms with Crippen LogP contribution in [0.1, 0.15) is 47.1 Å². The molecule has 0 aromatic heterocycles. The number of hydrogen-bond acceptors (Lipinski definition) is 6. The van der Waals surface area contributed by atoms with Crippen molar-refractivity contribution < 1.29 is 28.6 Å². The number of carbonyl (C=O) groups is 3. The normalized spacial score (nSPS) is 10.8. The van der Waals surface area contributed by atoms with E-state index in [4.69, 9.17) is 14.2 Å². The molecular weight excluding hydrogens is 398 g/mol. The number of methoxy groups -OCH3 is 1. The van der Waals surface area contributed by atoms with Crippen LogP contribution in [-0.2, 0) is 20.7 Å². The van der Waals surface area contributed by atoms with Gasteiger partial charge in [-0.25, -0.2) is 4.79 Å². The number of nitrogens with one attached hydrogen (secondary N) is 1. The minimum Gasteiger partial charge on any atom is -0.497 e. The second-order valence-electron chi connectivity index (χ2n) is 7.92. The zero-order chi connectivity index (χ0) is 22.9. The number of esters is 2. The molecule has 0 aliphatic carbocycles. The summed E-state index contributed by atoms with van der Waals surface area (Å²) in [7, 11) is 1.61. The molecule has 2 rings (SSSR count). The van der Waals surface area contributed by atoms with Gasteiger partial charge >= 0.3 is 11.9 Å². The lowest BCUT2D eigenvalue weighted by Crippen LogP contribution is -2.28. The lowest BCUT2D eigenvalue weighted by atomic mass is 9.97. The van der Waals surface area contributed by atoms with Crippen LogP contribution in [0.4, 0.5) is 0 Å². The van der Waals surface area contributed by atoms with E-state index in [1.54, 1.807) is 46.1 Å². The van der Waals surface area contributed by atoms with Crippen molar-refractivity contribution >= 4 is 17.8 Å². The van der Waals surface area contributed by atoms with Gasteiger partial charge in [-0.3, -0.25) is 9.59 Å². The number of ether oxygens (including phenoxy) is 3. The van der Waals surface area contributed by atoms with Crippen molar-refractivity contribution in [1.29, 1.82) is 0 Å². The Hall–Kier alpha value is -3.35. The fraction of sp³-hybridized carbons (Fsp3) is 0.375. The minimum absolute atomic E-state index is 0.0436. The molecule has 2 aromatic rings. The third-order valence-electron chi connectivity index (χ3n) is 4.41. The van der Waals surface area contributed by atoms with E-state index in [1.165, 1.54) is 6.07 Å². The molecule has 0 spiro atoms. The van der Waals surface area contributed by atoms with Crippen molar-refractivity contribution in [3.05, 3.63) is 65.2 Å². The van der Waals surface area contributed by atoms with E-state index in [9.17, 15) is 14.4 Å². The Morgan fingerprint density at radius 2 is 1.48 bits per heavy atom. The molecule has 1 N–H and O–H groups in total. The maximum atomic E-state index is 12.6. The van der Waals surface area contributed by atoms with E-state index < -0.39 is 11.4 Å². The van der Waals surface area contributed by atoms with E-state index in [-0.39, 0.29) is 36.2 Å². The third kappa shape index (κ3) is 7.44. The molecule has 7 nitrogen and oxygen atoms in total. The maximum Gasteiger partial charge on any atom is 0.339 e. The van der Waals surface area contributed by atoms with E-state index in [0.717, 1.165) is 11.3 Å². The Labute approximate surface area is 182 Å². The molecule has 7 heteroatoms. The summed E-state index contributed by atoms with van der Waals surface area (Å²) < 4.78 is 15.4. The zero-order valence-electron chi connectivity index (χ0n) is 18.4. The smallest absolute Gasteiger partial charge is 0.339 e. The quantitative estimate of drug-likeness (QED) is 0.487. The summed E-state index contributed by atoms with van der Waals surface area (Å²) in [4.78, 5) is 36.7. The molecule has 0 aliphatic heterocycles. The van der Waals surface area contributed by atoms with Crippen molar-refractivity contribution in [2.45, 2.75) is 27.2 Å². The highest BCUT2D eigenvalue weighted by atomic mass is 16.6. The number of carbonyl (C=O) groups excluding carboxylic acids is 3. The fourth-order valence-electron chi connectivity index (χ4n) is 2.63. The zero-order valence-corrected chi connectivity index (χ0v) is 18.4. The molecule has 2 aromatic carbocycles. The highest BCUT2D eigenvalue weighted by Gasteiger charge is 2.23. The van der Waals surface area contributed by atoms with Gasteiger partial charge in [0.25, 0.3) is 5.91 Å². The van der Waals surface area contributed by atoms with Gasteiger partial charge in [-0.05, 0) is 57.0 Å². The van der Waals surface area contributed by atoms with Gasteiger partial charge in [0, 0.05) is 6.54 Å². The van der Waals surface area contributed by atoms with Gasteiger partial charge in [0.15, 0.2) is 0 Å².